The molecule has 3 nitrogen and oxygen atoms in total. The summed E-state index contributed by atoms with van der Waals surface area (Å²) in [5.41, 5.74) is 1.95. The van der Waals surface area contributed by atoms with Crippen molar-refractivity contribution in [3.63, 3.8) is 0 Å². The lowest BCUT2D eigenvalue weighted by Gasteiger charge is -1.95. The van der Waals surface area contributed by atoms with E-state index in [2.05, 4.69) is 21.0 Å². The fourth-order valence-corrected chi connectivity index (χ4v) is 1.38. The van der Waals surface area contributed by atoms with E-state index in [-0.39, 0.29) is 0 Å². The topological polar surface area (TPSA) is 43.8 Å². The maximum absolute atomic E-state index is 5.44. The highest BCUT2D eigenvalue weighted by Crippen LogP contribution is 2.19. The molecule has 0 amide bonds. The molecule has 2 N–H and O–H groups in total. The minimum Gasteiger partial charge on any atom is -0.323 e. The van der Waals surface area contributed by atoms with E-state index in [1.54, 1.807) is 6.20 Å². The van der Waals surface area contributed by atoms with Crippen molar-refractivity contribution in [3.8, 4) is 11.3 Å². The van der Waals surface area contributed by atoms with Crippen LogP contribution in [0.5, 0.6) is 0 Å². The number of benzene rings is 1. The highest BCUT2D eigenvalue weighted by molar-refractivity contribution is 9.10. The zero-order valence-corrected chi connectivity index (χ0v) is 8.40. The molecular weight excluding hydrogens is 230 g/mol. The first-order valence-electron chi connectivity index (χ1n) is 3.82. The molecule has 0 spiro atoms. The summed E-state index contributed by atoms with van der Waals surface area (Å²) in [6.07, 6.45) is 1.72. The predicted octanol–water partition coefficient (Wildman–Crippen LogP) is 2.03. The van der Waals surface area contributed by atoms with Crippen molar-refractivity contribution in [2.45, 2.75) is 0 Å². The molecular formula is C9H8BrN3. The average Bonchev–Trinajstić information content (AvgIpc) is 2.53. The van der Waals surface area contributed by atoms with Crippen LogP contribution in [0.4, 0.5) is 0 Å². The molecule has 0 aliphatic carbocycles. The van der Waals surface area contributed by atoms with Gasteiger partial charge in [-0.1, -0.05) is 28.1 Å². The van der Waals surface area contributed by atoms with Crippen LogP contribution in [0.1, 0.15) is 0 Å². The monoisotopic (exact) mass is 237 g/mol. The molecule has 0 atom stereocenters. The van der Waals surface area contributed by atoms with Crippen LogP contribution in [0.3, 0.4) is 0 Å². The van der Waals surface area contributed by atoms with Crippen LogP contribution >= 0.6 is 15.9 Å². The van der Waals surface area contributed by atoms with Gasteiger partial charge in [0.15, 0.2) is 0 Å². The van der Waals surface area contributed by atoms with Gasteiger partial charge in [0, 0.05) is 16.2 Å². The number of halogens is 1. The molecule has 0 fully saturated rings. The maximum Gasteiger partial charge on any atom is 0.0944 e. The summed E-state index contributed by atoms with van der Waals surface area (Å²) in [6, 6.07) is 9.82. The Hall–Kier alpha value is -1.29. The Kier molecular flexibility index (Phi) is 2.06. The van der Waals surface area contributed by atoms with Gasteiger partial charge in [-0.05, 0) is 18.2 Å². The lowest BCUT2D eigenvalue weighted by molar-refractivity contribution is 0.836. The summed E-state index contributed by atoms with van der Waals surface area (Å²) < 4.78 is 1.06. The number of aromatic nitrogens is 2. The van der Waals surface area contributed by atoms with E-state index < -0.39 is 0 Å². The first kappa shape index (κ1) is 8.31. The van der Waals surface area contributed by atoms with Crippen LogP contribution < -0.4 is 5.84 Å². The normalized spacial score (nSPS) is 10.2. The number of nitrogens with two attached hydrogens (primary N) is 1. The highest BCUT2D eigenvalue weighted by atomic mass is 79.9. The third-order valence-electron chi connectivity index (χ3n) is 1.75. The molecule has 1 heterocycles. The molecule has 0 saturated carbocycles. The van der Waals surface area contributed by atoms with Gasteiger partial charge < -0.3 is 5.84 Å². The molecule has 4 heteroatoms. The van der Waals surface area contributed by atoms with Crippen LogP contribution in [-0.2, 0) is 0 Å². The van der Waals surface area contributed by atoms with Gasteiger partial charge in [0.25, 0.3) is 0 Å². The number of rotatable bonds is 1. The lowest BCUT2D eigenvalue weighted by Crippen LogP contribution is -2.07. The summed E-state index contributed by atoms with van der Waals surface area (Å²) in [6.45, 7) is 0. The van der Waals surface area contributed by atoms with Crippen molar-refractivity contribution in [2.75, 3.05) is 5.84 Å². The molecule has 0 saturated heterocycles. The summed E-state index contributed by atoms with van der Waals surface area (Å²) in [7, 11) is 0. The van der Waals surface area contributed by atoms with E-state index in [1.165, 1.54) is 4.79 Å². The van der Waals surface area contributed by atoms with Gasteiger partial charge >= 0.3 is 0 Å². The smallest absolute Gasteiger partial charge is 0.0944 e. The predicted molar refractivity (Wildman–Crippen MR) is 55.5 cm³/mol. The summed E-state index contributed by atoms with van der Waals surface area (Å²) >= 11 is 3.37. The molecule has 2 rings (SSSR count). The van der Waals surface area contributed by atoms with Crippen LogP contribution in [0.2, 0.25) is 0 Å². The molecule has 0 unspecified atom stereocenters. The standard InChI is InChI=1S/C9H8BrN3/c10-8-3-1-7(2-4-8)9-5-6-13(11)12-9/h1-6H,11H2. The molecule has 0 radical (unpaired) electrons. The van der Waals surface area contributed by atoms with Crippen molar-refractivity contribution >= 4 is 15.9 Å². The van der Waals surface area contributed by atoms with E-state index in [1.807, 2.05) is 30.3 Å². The molecule has 0 aliphatic rings. The Morgan fingerprint density at radius 1 is 1.15 bits per heavy atom. The summed E-state index contributed by atoms with van der Waals surface area (Å²) in [5.74, 6) is 5.44. The quantitative estimate of drug-likeness (QED) is 0.772. The van der Waals surface area contributed by atoms with Crippen molar-refractivity contribution in [2.24, 2.45) is 0 Å². The van der Waals surface area contributed by atoms with Crippen molar-refractivity contribution < 1.29 is 0 Å². The molecule has 2 aromatic rings. The van der Waals surface area contributed by atoms with E-state index in [0.29, 0.717) is 0 Å². The van der Waals surface area contributed by atoms with E-state index >= 15 is 0 Å². The Bertz CT molecular complexity index is 405. The second kappa shape index (κ2) is 3.22. The second-order valence-electron chi connectivity index (χ2n) is 2.69. The van der Waals surface area contributed by atoms with Crippen molar-refractivity contribution in [1.82, 2.24) is 9.89 Å². The summed E-state index contributed by atoms with van der Waals surface area (Å²) in [5, 5.41) is 4.09. The Morgan fingerprint density at radius 2 is 1.85 bits per heavy atom. The van der Waals surface area contributed by atoms with Crippen LogP contribution in [0.15, 0.2) is 41.0 Å². The minimum absolute atomic E-state index is 0.884. The SMILES string of the molecule is Nn1ccc(-c2ccc(Br)cc2)n1. The van der Waals surface area contributed by atoms with Crippen LogP contribution in [-0.4, -0.2) is 9.89 Å². The first-order valence-corrected chi connectivity index (χ1v) is 4.62. The average molecular weight is 238 g/mol. The maximum atomic E-state index is 5.44. The van der Waals surface area contributed by atoms with E-state index in [0.717, 1.165) is 15.7 Å². The van der Waals surface area contributed by atoms with Crippen molar-refractivity contribution in [3.05, 3.63) is 41.0 Å². The van der Waals surface area contributed by atoms with Gasteiger partial charge in [0.1, 0.15) is 0 Å². The molecule has 1 aromatic carbocycles. The Balaban J connectivity index is 2.41. The Morgan fingerprint density at radius 3 is 2.38 bits per heavy atom. The fourth-order valence-electron chi connectivity index (χ4n) is 1.11. The highest BCUT2D eigenvalue weighted by Gasteiger charge is 1.99. The van der Waals surface area contributed by atoms with Gasteiger partial charge in [-0.25, -0.2) is 0 Å². The molecule has 13 heavy (non-hydrogen) atoms. The number of nitrogens with zero attached hydrogens (tertiary/aromatic N) is 2. The number of hydrogen-bond acceptors (Lipinski definition) is 2. The molecule has 0 aliphatic heterocycles. The van der Waals surface area contributed by atoms with Crippen LogP contribution in [0.25, 0.3) is 11.3 Å². The third-order valence-corrected chi connectivity index (χ3v) is 2.28. The fraction of sp³-hybridized carbons (Fsp3) is 0. The van der Waals surface area contributed by atoms with Gasteiger partial charge in [0.05, 0.1) is 5.69 Å². The Labute approximate surface area is 84.3 Å². The zero-order valence-electron chi connectivity index (χ0n) is 6.81. The second-order valence-corrected chi connectivity index (χ2v) is 3.60. The minimum atomic E-state index is 0.884. The number of hydrogen-bond donors (Lipinski definition) is 1. The molecule has 0 bridgehead atoms. The zero-order chi connectivity index (χ0) is 9.26. The summed E-state index contributed by atoms with van der Waals surface area (Å²) in [4.78, 5) is 1.30. The van der Waals surface area contributed by atoms with Crippen LogP contribution in [0, 0.1) is 0 Å². The first-order chi connectivity index (χ1) is 6.25. The number of nitrogen functional groups attached to an aromatic ring is 1. The van der Waals surface area contributed by atoms with E-state index in [4.69, 9.17) is 5.84 Å². The van der Waals surface area contributed by atoms with Gasteiger partial charge in [-0.15, -0.1) is 0 Å². The van der Waals surface area contributed by atoms with Crippen molar-refractivity contribution in [1.29, 1.82) is 0 Å². The lowest BCUT2D eigenvalue weighted by atomic mass is 10.2. The van der Waals surface area contributed by atoms with E-state index in [9.17, 15) is 0 Å². The molecule has 66 valence electrons. The van der Waals surface area contributed by atoms with Gasteiger partial charge in [-0.2, -0.15) is 9.89 Å². The molecule has 1 aromatic heterocycles. The van der Waals surface area contributed by atoms with Gasteiger partial charge in [0.2, 0.25) is 0 Å². The third kappa shape index (κ3) is 1.72. The van der Waals surface area contributed by atoms with Gasteiger partial charge in [-0.3, -0.25) is 0 Å². The largest absolute Gasteiger partial charge is 0.323 e.